The quantitative estimate of drug-likeness (QED) is 0.891. The van der Waals surface area contributed by atoms with Gasteiger partial charge in [0.25, 0.3) is 5.91 Å². The molecule has 1 N–H and O–H groups in total. The maximum Gasteiger partial charge on any atom is 0.272 e. The van der Waals surface area contributed by atoms with Gasteiger partial charge >= 0.3 is 0 Å². The number of fused-ring (bicyclic) bond motifs is 3. The summed E-state index contributed by atoms with van der Waals surface area (Å²) in [5.41, 5.74) is 2.89. The Morgan fingerprint density at radius 2 is 2.07 bits per heavy atom. The fourth-order valence-corrected chi connectivity index (χ4v) is 4.75. The smallest absolute Gasteiger partial charge is 0.272 e. The molecule has 4 heterocycles. The zero-order valence-electron chi connectivity index (χ0n) is 15.4. The standard InChI is InChI=1S/C20H23N5O2/c1-25-14-3-2-4-15(25)11-13(10-14)22-19(26)18-16-9-12(20-21-7-8-27-20)5-6-17(16)23-24-18/h5,7-9,13-15H,2-4,6,10-11H2,1H3,(H,22,26). The second-order valence-electron chi connectivity index (χ2n) is 7.80. The van der Waals surface area contributed by atoms with Crippen molar-refractivity contribution in [1.82, 2.24) is 15.2 Å². The van der Waals surface area contributed by atoms with Gasteiger partial charge in [-0.2, -0.15) is 5.10 Å². The Bertz CT molecular complexity index is 866. The Hall–Kier alpha value is -2.54. The number of amides is 1. The highest BCUT2D eigenvalue weighted by atomic mass is 16.3. The first-order valence-electron chi connectivity index (χ1n) is 9.69. The average molecular weight is 365 g/mol. The van der Waals surface area contributed by atoms with Crippen LogP contribution >= 0.6 is 0 Å². The Labute approximate surface area is 157 Å². The lowest BCUT2D eigenvalue weighted by atomic mass is 9.82. The van der Waals surface area contributed by atoms with Crippen LogP contribution in [0.4, 0.5) is 0 Å². The van der Waals surface area contributed by atoms with Crippen molar-refractivity contribution in [2.75, 3.05) is 7.05 Å². The van der Waals surface area contributed by atoms with Gasteiger partial charge in [-0.1, -0.05) is 12.5 Å². The van der Waals surface area contributed by atoms with Crippen LogP contribution in [-0.4, -0.2) is 52.4 Å². The highest BCUT2D eigenvalue weighted by Crippen LogP contribution is 2.33. The van der Waals surface area contributed by atoms with Crippen molar-refractivity contribution < 1.29 is 9.21 Å². The number of piperidine rings is 2. The van der Waals surface area contributed by atoms with Crippen molar-refractivity contribution in [2.24, 2.45) is 10.2 Å². The van der Waals surface area contributed by atoms with Gasteiger partial charge in [-0.15, -0.1) is 5.10 Å². The number of nitrogens with one attached hydrogen (secondary N) is 1. The second-order valence-corrected chi connectivity index (χ2v) is 7.80. The van der Waals surface area contributed by atoms with Gasteiger partial charge in [0.05, 0.1) is 11.9 Å². The molecule has 3 aliphatic heterocycles. The van der Waals surface area contributed by atoms with Gasteiger partial charge in [0.2, 0.25) is 5.89 Å². The van der Waals surface area contributed by atoms with Crippen molar-refractivity contribution >= 4 is 22.9 Å². The van der Waals surface area contributed by atoms with Crippen LogP contribution in [0.1, 0.15) is 44.4 Å². The molecule has 2 bridgehead atoms. The third-order valence-electron chi connectivity index (χ3n) is 6.22. The van der Waals surface area contributed by atoms with Crippen LogP contribution in [0.15, 0.2) is 44.8 Å². The fraction of sp³-hybridized carbons (Fsp3) is 0.500. The molecule has 0 aromatic carbocycles. The van der Waals surface area contributed by atoms with E-state index < -0.39 is 0 Å². The van der Waals surface area contributed by atoms with Gasteiger partial charge in [0, 0.05) is 35.7 Å². The highest BCUT2D eigenvalue weighted by Gasteiger charge is 2.37. The zero-order valence-corrected chi connectivity index (χ0v) is 15.4. The molecule has 1 aromatic rings. The number of hydrogen-bond acceptors (Lipinski definition) is 6. The van der Waals surface area contributed by atoms with Gasteiger partial charge in [0.1, 0.15) is 6.26 Å². The normalized spacial score (nSPS) is 30.0. The molecule has 1 aliphatic carbocycles. The molecule has 2 saturated heterocycles. The molecule has 1 aromatic heterocycles. The summed E-state index contributed by atoms with van der Waals surface area (Å²) in [6, 6.07) is 1.36. The van der Waals surface area contributed by atoms with E-state index >= 15 is 0 Å². The number of hydrogen-bond donors (Lipinski definition) is 1. The summed E-state index contributed by atoms with van der Waals surface area (Å²) in [7, 11) is 2.22. The molecule has 1 amide bonds. The summed E-state index contributed by atoms with van der Waals surface area (Å²) in [5.74, 6) is 0.428. The van der Waals surface area contributed by atoms with E-state index in [1.54, 1.807) is 12.5 Å². The summed E-state index contributed by atoms with van der Waals surface area (Å²) < 4.78 is 5.38. The maximum absolute atomic E-state index is 12.9. The minimum atomic E-state index is -0.124. The molecular formula is C20H23N5O2. The van der Waals surface area contributed by atoms with Gasteiger partial charge in [-0.05, 0) is 38.8 Å². The summed E-state index contributed by atoms with van der Waals surface area (Å²) >= 11 is 0. The first kappa shape index (κ1) is 16.6. The second kappa shape index (κ2) is 6.56. The van der Waals surface area contributed by atoms with Crippen LogP contribution in [0.3, 0.4) is 0 Å². The minimum absolute atomic E-state index is 0.124. The molecule has 4 aliphatic rings. The van der Waals surface area contributed by atoms with Crippen LogP contribution in [-0.2, 0) is 4.79 Å². The minimum Gasteiger partial charge on any atom is -0.445 e. The Kier molecular flexibility index (Phi) is 4.04. The van der Waals surface area contributed by atoms with Crippen LogP contribution < -0.4 is 5.32 Å². The predicted molar refractivity (Wildman–Crippen MR) is 102 cm³/mol. The highest BCUT2D eigenvalue weighted by molar-refractivity contribution is 6.53. The topological polar surface area (TPSA) is 83.1 Å². The Morgan fingerprint density at radius 1 is 1.26 bits per heavy atom. The zero-order chi connectivity index (χ0) is 18.4. The van der Waals surface area contributed by atoms with E-state index in [0.29, 0.717) is 30.1 Å². The fourth-order valence-electron chi connectivity index (χ4n) is 4.75. The SMILES string of the molecule is CN1C2CCCC1CC(NC(=O)C1=NN=C3CC=C(c4ncco4)C=C31)C2. The van der Waals surface area contributed by atoms with Gasteiger partial charge < -0.3 is 14.6 Å². The molecule has 0 radical (unpaired) electrons. The molecule has 5 rings (SSSR count). The van der Waals surface area contributed by atoms with E-state index in [0.717, 1.165) is 29.7 Å². The molecule has 2 unspecified atom stereocenters. The predicted octanol–water partition coefficient (Wildman–Crippen LogP) is 2.33. The summed E-state index contributed by atoms with van der Waals surface area (Å²) in [6.07, 6.45) is 13.5. The Morgan fingerprint density at radius 3 is 2.81 bits per heavy atom. The van der Waals surface area contributed by atoms with Crippen molar-refractivity contribution in [3.05, 3.63) is 36.1 Å². The van der Waals surface area contributed by atoms with E-state index in [1.165, 1.54) is 19.3 Å². The molecule has 7 heteroatoms. The number of aromatic nitrogens is 1. The molecule has 2 fully saturated rings. The van der Waals surface area contributed by atoms with E-state index in [9.17, 15) is 4.79 Å². The van der Waals surface area contributed by atoms with Crippen molar-refractivity contribution in [1.29, 1.82) is 0 Å². The van der Waals surface area contributed by atoms with Crippen molar-refractivity contribution in [3.63, 3.8) is 0 Å². The third-order valence-corrected chi connectivity index (χ3v) is 6.22. The molecule has 2 atom stereocenters. The number of oxazole rings is 1. The van der Waals surface area contributed by atoms with Gasteiger partial charge in [-0.25, -0.2) is 4.98 Å². The van der Waals surface area contributed by atoms with Gasteiger partial charge in [-0.3, -0.25) is 4.79 Å². The maximum atomic E-state index is 12.9. The van der Waals surface area contributed by atoms with E-state index in [-0.39, 0.29) is 11.9 Å². The van der Waals surface area contributed by atoms with Crippen LogP contribution in [0.25, 0.3) is 5.57 Å². The van der Waals surface area contributed by atoms with Crippen LogP contribution in [0.5, 0.6) is 0 Å². The first-order chi connectivity index (χ1) is 13.2. The van der Waals surface area contributed by atoms with E-state index in [2.05, 4.69) is 32.5 Å². The Balaban J connectivity index is 1.31. The number of carbonyl (C=O) groups excluding carboxylic acids is 1. The molecule has 140 valence electrons. The van der Waals surface area contributed by atoms with Gasteiger partial charge in [0.15, 0.2) is 5.71 Å². The summed E-state index contributed by atoms with van der Waals surface area (Å²) in [6.45, 7) is 0. The van der Waals surface area contributed by atoms with E-state index in [1.807, 2.05) is 12.2 Å². The summed E-state index contributed by atoms with van der Waals surface area (Å²) in [5, 5.41) is 11.6. The lowest BCUT2D eigenvalue weighted by Crippen LogP contribution is -2.56. The molecule has 0 saturated carbocycles. The van der Waals surface area contributed by atoms with Crippen LogP contribution in [0.2, 0.25) is 0 Å². The summed E-state index contributed by atoms with van der Waals surface area (Å²) in [4.78, 5) is 19.6. The van der Waals surface area contributed by atoms with E-state index in [4.69, 9.17) is 4.42 Å². The third kappa shape index (κ3) is 2.96. The monoisotopic (exact) mass is 365 g/mol. The molecule has 27 heavy (non-hydrogen) atoms. The number of carbonyl (C=O) groups is 1. The van der Waals surface area contributed by atoms with Crippen molar-refractivity contribution in [2.45, 2.75) is 56.7 Å². The lowest BCUT2D eigenvalue weighted by molar-refractivity contribution is -0.116. The van der Waals surface area contributed by atoms with Crippen LogP contribution in [0, 0.1) is 0 Å². The molecule has 7 nitrogen and oxygen atoms in total. The average Bonchev–Trinajstić information content (AvgIpc) is 3.31. The van der Waals surface area contributed by atoms with Crippen molar-refractivity contribution in [3.8, 4) is 0 Å². The number of nitrogens with zero attached hydrogens (tertiary/aromatic N) is 4. The largest absolute Gasteiger partial charge is 0.445 e. The molecular weight excluding hydrogens is 342 g/mol. The number of allylic oxidation sites excluding steroid dienone is 3. The first-order valence-corrected chi connectivity index (χ1v) is 9.69. The number of rotatable bonds is 3. The lowest BCUT2D eigenvalue weighted by Gasteiger charge is -2.47. The molecule has 0 spiro atoms.